The van der Waals surface area contributed by atoms with E-state index in [2.05, 4.69) is 22.1 Å². The average Bonchev–Trinajstić information content (AvgIpc) is 2.96. The van der Waals surface area contributed by atoms with Crippen LogP contribution in [0.25, 0.3) is 22.2 Å². The van der Waals surface area contributed by atoms with Gasteiger partial charge in [-0.1, -0.05) is 31.5 Å². The Hall–Kier alpha value is -2.20. The van der Waals surface area contributed by atoms with E-state index < -0.39 is 0 Å². The number of H-pyrrole nitrogens is 1. The van der Waals surface area contributed by atoms with Crippen molar-refractivity contribution in [2.75, 3.05) is 0 Å². The number of pyridine rings is 1. The van der Waals surface area contributed by atoms with Crippen LogP contribution in [0.2, 0.25) is 0 Å². The molecule has 0 atom stereocenters. The molecule has 1 aromatic carbocycles. The number of hydrogen-bond acceptors (Lipinski definition) is 3. The van der Waals surface area contributed by atoms with E-state index in [4.69, 9.17) is 0 Å². The average molecular weight is 281 g/mol. The number of rotatable bonds is 5. The van der Waals surface area contributed by atoms with E-state index >= 15 is 0 Å². The topological polar surface area (TPSA) is 61.8 Å². The minimum atomic E-state index is 0.0396. The molecule has 2 heterocycles. The van der Waals surface area contributed by atoms with Gasteiger partial charge in [0.05, 0.1) is 17.8 Å². The SMILES string of the molecule is CCCCc1[nH]nc2ccnc(-c3cccc(CO)c3)c12. The van der Waals surface area contributed by atoms with Gasteiger partial charge in [0.1, 0.15) is 0 Å². The Morgan fingerprint density at radius 3 is 2.95 bits per heavy atom. The van der Waals surface area contributed by atoms with Crippen LogP contribution in [-0.2, 0) is 13.0 Å². The summed E-state index contributed by atoms with van der Waals surface area (Å²) in [5.74, 6) is 0. The van der Waals surface area contributed by atoms with E-state index in [-0.39, 0.29) is 6.61 Å². The van der Waals surface area contributed by atoms with Gasteiger partial charge in [-0.15, -0.1) is 0 Å². The molecule has 0 aliphatic carbocycles. The number of aryl methyl sites for hydroxylation is 1. The number of aromatic nitrogens is 3. The summed E-state index contributed by atoms with van der Waals surface area (Å²) in [5.41, 5.74) is 4.93. The third-order valence-corrected chi connectivity index (χ3v) is 3.71. The number of unbranched alkanes of at least 4 members (excludes halogenated alkanes) is 1. The molecule has 4 nitrogen and oxygen atoms in total. The lowest BCUT2D eigenvalue weighted by molar-refractivity contribution is 0.282. The van der Waals surface area contributed by atoms with Crippen molar-refractivity contribution in [1.82, 2.24) is 15.2 Å². The standard InChI is InChI=1S/C17H19N3O/c1-2-3-7-14-16-15(20-19-14)8-9-18-17(16)13-6-4-5-12(10-13)11-21/h4-6,8-10,21H,2-3,7,11H2,1H3,(H,19,20). The molecule has 0 saturated heterocycles. The zero-order chi connectivity index (χ0) is 14.7. The van der Waals surface area contributed by atoms with Gasteiger partial charge in [0, 0.05) is 22.8 Å². The second-order valence-electron chi connectivity index (χ2n) is 5.22. The zero-order valence-corrected chi connectivity index (χ0v) is 12.1. The Morgan fingerprint density at radius 2 is 2.14 bits per heavy atom. The number of aliphatic hydroxyl groups is 1. The largest absolute Gasteiger partial charge is 0.392 e. The first-order valence-electron chi connectivity index (χ1n) is 7.35. The molecule has 0 saturated carbocycles. The van der Waals surface area contributed by atoms with Gasteiger partial charge in [0.15, 0.2) is 0 Å². The smallest absolute Gasteiger partial charge is 0.0961 e. The molecule has 21 heavy (non-hydrogen) atoms. The molecule has 0 radical (unpaired) electrons. The fourth-order valence-corrected chi connectivity index (χ4v) is 2.60. The Labute approximate surface area is 123 Å². The second-order valence-corrected chi connectivity index (χ2v) is 5.22. The van der Waals surface area contributed by atoms with Crippen LogP contribution < -0.4 is 0 Å². The van der Waals surface area contributed by atoms with Crippen molar-refractivity contribution in [2.45, 2.75) is 32.8 Å². The number of hydrogen-bond donors (Lipinski definition) is 2. The molecule has 0 amide bonds. The van der Waals surface area contributed by atoms with Gasteiger partial charge in [0.25, 0.3) is 0 Å². The number of nitrogens with one attached hydrogen (secondary N) is 1. The predicted octanol–water partition coefficient (Wildman–Crippen LogP) is 3.46. The molecule has 108 valence electrons. The van der Waals surface area contributed by atoms with Gasteiger partial charge in [-0.2, -0.15) is 5.10 Å². The van der Waals surface area contributed by atoms with Crippen LogP contribution in [0.15, 0.2) is 36.5 Å². The highest BCUT2D eigenvalue weighted by atomic mass is 16.3. The van der Waals surface area contributed by atoms with Gasteiger partial charge >= 0.3 is 0 Å². The summed E-state index contributed by atoms with van der Waals surface area (Å²) >= 11 is 0. The van der Waals surface area contributed by atoms with E-state index in [0.717, 1.165) is 52.7 Å². The van der Waals surface area contributed by atoms with Crippen LogP contribution in [0, 0.1) is 0 Å². The van der Waals surface area contributed by atoms with Crippen molar-refractivity contribution in [2.24, 2.45) is 0 Å². The maximum atomic E-state index is 9.31. The molecule has 0 unspecified atom stereocenters. The van der Waals surface area contributed by atoms with Crippen LogP contribution in [0.3, 0.4) is 0 Å². The summed E-state index contributed by atoms with van der Waals surface area (Å²) in [6, 6.07) is 9.81. The molecular formula is C17H19N3O. The van der Waals surface area contributed by atoms with Crippen LogP contribution >= 0.6 is 0 Å². The van der Waals surface area contributed by atoms with Gasteiger partial charge in [0.2, 0.25) is 0 Å². The molecule has 0 fully saturated rings. The predicted molar refractivity (Wildman–Crippen MR) is 83.9 cm³/mol. The quantitative estimate of drug-likeness (QED) is 0.753. The summed E-state index contributed by atoms with van der Waals surface area (Å²) < 4.78 is 0. The highest BCUT2D eigenvalue weighted by Crippen LogP contribution is 2.29. The summed E-state index contributed by atoms with van der Waals surface area (Å²) in [6.07, 6.45) is 5.04. The van der Waals surface area contributed by atoms with Crippen molar-refractivity contribution >= 4 is 10.9 Å². The molecule has 0 spiro atoms. The molecule has 4 heteroatoms. The Balaban J connectivity index is 2.14. The fraction of sp³-hybridized carbons (Fsp3) is 0.294. The molecule has 3 aromatic rings. The van der Waals surface area contributed by atoms with E-state index in [9.17, 15) is 5.11 Å². The third kappa shape index (κ3) is 2.67. The third-order valence-electron chi connectivity index (χ3n) is 3.71. The van der Waals surface area contributed by atoms with E-state index in [1.54, 1.807) is 6.20 Å². The first-order chi connectivity index (χ1) is 10.3. The maximum absolute atomic E-state index is 9.31. The zero-order valence-electron chi connectivity index (χ0n) is 12.1. The van der Waals surface area contributed by atoms with Crippen molar-refractivity contribution in [3.8, 4) is 11.3 Å². The lowest BCUT2D eigenvalue weighted by Gasteiger charge is -2.06. The molecule has 0 aliphatic rings. The van der Waals surface area contributed by atoms with Crippen LogP contribution in [-0.4, -0.2) is 20.3 Å². The van der Waals surface area contributed by atoms with Crippen molar-refractivity contribution in [1.29, 1.82) is 0 Å². The molecular weight excluding hydrogens is 262 g/mol. The summed E-state index contributed by atoms with van der Waals surface area (Å²) in [7, 11) is 0. The molecule has 2 N–H and O–H groups in total. The van der Waals surface area contributed by atoms with Gasteiger partial charge in [-0.25, -0.2) is 0 Å². The van der Waals surface area contributed by atoms with Gasteiger partial charge in [-0.3, -0.25) is 10.1 Å². The Morgan fingerprint density at radius 1 is 1.24 bits per heavy atom. The molecule has 0 bridgehead atoms. The summed E-state index contributed by atoms with van der Waals surface area (Å²) in [4.78, 5) is 4.55. The van der Waals surface area contributed by atoms with Gasteiger partial charge in [-0.05, 0) is 30.5 Å². The molecule has 3 rings (SSSR count). The molecule has 2 aromatic heterocycles. The minimum Gasteiger partial charge on any atom is -0.392 e. The first kappa shape index (κ1) is 13.8. The minimum absolute atomic E-state index is 0.0396. The highest BCUT2D eigenvalue weighted by Gasteiger charge is 2.12. The summed E-state index contributed by atoms with van der Waals surface area (Å²) in [6.45, 7) is 2.22. The maximum Gasteiger partial charge on any atom is 0.0961 e. The van der Waals surface area contributed by atoms with Crippen LogP contribution in [0.5, 0.6) is 0 Å². The van der Waals surface area contributed by atoms with Crippen molar-refractivity contribution < 1.29 is 5.11 Å². The highest BCUT2D eigenvalue weighted by molar-refractivity contribution is 5.94. The lowest BCUT2D eigenvalue weighted by atomic mass is 10.0. The lowest BCUT2D eigenvalue weighted by Crippen LogP contribution is -1.91. The van der Waals surface area contributed by atoms with E-state index in [1.807, 2.05) is 30.3 Å². The fourth-order valence-electron chi connectivity index (χ4n) is 2.60. The Kier molecular flexibility index (Phi) is 3.97. The normalized spacial score (nSPS) is 11.1. The first-order valence-corrected chi connectivity index (χ1v) is 7.35. The Bertz CT molecular complexity index is 749. The van der Waals surface area contributed by atoms with E-state index in [0.29, 0.717) is 0 Å². The van der Waals surface area contributed by atoms with Gasteiger partial charge < -0.3 is 5.11 Å². The number of nitrogens with zero attached hydrogens (tertiary/aromatic N) is 2. The van der Waals surface area contributed by atoms with Crippen molar-refractivity contribution in [3.05, 3.63) is 47.8 Å². The summed E-state index contributed by atoms with van der Waals surface area (Å²) in [5, 5.41) is 17.9. The number of benzene rings is 1. The molecule has 0 aliphatic heterocycles. The van der Waals surface area contributed by atoms with E-state index in [1.165, 1.54) is 0 Å². The van der Waals surface area contributed by atoms with Crippen LogP contribution in [0.1, 0.15) is 31.0 Å². The number of aromatic amines is 1. The van der Waals surface area contributed by atoms with Crippen LogP contribution in [0.4, 0.5) is 0 Å². The second kappa shape index (κ2) is 6.06. The number of aliphatic hydroxyl groups excluding tert-OH is 1. The number of fused-ring (bicyclic) bond motifs is 1. The van der Waals surface area contributed by atoms with Crippen molar-refractivity contribution in [3.63, 3.8) is 0 Å². The monoisotopic (exact) mass is 281 g/mol.